The molecule has 9 heteroatoms. The Hall–Kier alpha value is -2.00. The number of anilines is 1. The Morgan fingerprint density at radius 2 is 1.90 bits per heavy atom. The highest BCUT2D eigenvalue weighted by Crippen LogP contribution is 2.29. The first-order valence-corrected chi connectivity index (χ1v) is 12.6. The second kappa shape index (κ2) is 11.4. The summed E-state index contributed by atoms with van der Waals surface area (Å²) >= 11 is 0. The van der Waals surface area contributed by atoms with Crippen molar-refractivity contribution in [2.45, 2.75) is 70.8 Å². The number of aromatic nitrogens is 4. The number of benzene rings is 1. The Bertz CT molecular complexity index is 840. The highest BCUT2D eigenvalue weighted by molar-refractivity contribution is 7.93. The number of H-pyrrole nitrogens is 1. The largest absolute Gasteiger partial charge is 0.379 e. The van der Waals surface area contributed by atoms with Crippen LogP contribution >= 0.6 is 0 Å². The SMILES string of the molecule is CCCCCCc1ccc(N2C(COCCCCc3nnn[nH]3)CCS2(=O)=O)cc1. The van der Waals surface area contributed by atoms with Crippen molar-refractivity contribution in [2.75, 3.05) is 23.3 Å². The quantitative estimate of drug-likeness (QED) is 0.485. The zero-order valence-electron chi connectivity index (χ0n) is 17.8. The van der Waals surface area contributed by atoms with Crippen molar-refractivity contribution in [3.63, 3.8) is 0 Å². The molecule has 1 aromatic carbocycles. The fourth-order valence-electron chi connectivity index (χ4n) is 3.82. The number of nitrogens with zero attached hydrogens (tertiary/aromatic N) is 4. The molecule has 0 bridgehead atoms. The third-order valence-corrected chi connectivity index (χ3v) is 7.36. The highest BCUT2D eigenvalue weighted by Gasteiger charge is 2.37. The standard InChI is InChI=1S/C21H33N5O3S/c1-2-3-4-5-8-18-10-12-19(13-11-18)26-20(14-16-30(26,27)28)17-29-15-7-6-9-21-22-24-25-23-21/h10-13,20H,2-9,14-17H2,1H3,(H,22,23,24,25). The summed E-state index contributed by atoms with van der Waals surface area (Å²) in [6, 6.07) is 7.87. The van der Waals surface area contributed by atoms with E-state index in [1.54, 1.807) is 4.31 Å². The van der Waals surface area contributed by atoms with E-state index in [9.17, 15) is 8.42 Å². The van der Waals surface area contributed by atoms with Gasteiger partial charge in [-0.3, -0.25) is 4.31 Å². The highest BCUT2D eigenvalue weighted by atomic mass is 32.2. The van der Waals surface area contributed by atoms with Crippen LogP contribution in [0.2, 0.25) is 0 Å². The summed E-state index contributed by atoms with van der Waals surface area (Å²) in [5, 5.41) is 13.7. The molecule has 0 aliphatic carbocycles. The molecule has 166 valence electrons. The van der Waals surface area contributed by atoms with Gasteiger partial charge in [-0.2, -0.15) is 0 Å². The summed E-state index contributed by atoms with van der Waals surface area (Å²) in [5.41, 5.74) is 2.01. The molecule has 0 amide bonds. The average molecular weight is 436 g/mol. The molecule has 0 spiro atoms. The fraction of sp³-hybridized carbons (Fsp3) is 0.667. The Labute approximate surface area is 179 Å². The van der Waals surface area contributed by atoms with Crippen LogP contribution in [-0.2, 0) is 27.6 Å². The molecule has 2 heterocycles. The summed E-state index contributed by atoms with van der Waals surface area (Å²) in [6.07, 6.45) is 9.15. The van der Waals surface area contributed by atoms with Crippen LogP contribution in [0.5, 0.6) is 0 Å². The number of unbranched alkanes of at least 4 members (excludes halogenated alkanes) is 4. The number of ether oxygens (including phenoxy) is 1. The maximum absolute atomic E-state index is 12.6. The fourth-order valence-corrected chi connectivity index (χ4v) is 5.65. The number of nitrogens with one attached hydrogen (secondary N) is 1. The predicted molar refractivity (Wildman–Crippen MR) is 117 cm³/mol. The van der Waals surface area contributed by atoms with Crippen molar-refractivity contribution in [2.24, 2.45) is 0 Å². The molecule has 1 aromatic heterocycles. The summed E-state index contributed by atoms with van der Waals surface area (Å²) < 4.78 is 32.6. The first kappa shape index (κ1) is 22.7. The number of sulfonamides is 1. The Balaban J connectivity index is 1.46. The Morgan fingerprint density at radius 1 is 1.10 bits per heavy atom. The Morgan fingerprint density at radius 3 is 2.63 bits per heavy atom. The number of hydrogen-bond acceptors (Lipinski definition) is 6. The van der Waals surface area contributed by atoms with Gasteiger partial charge in [-0.05, 0) is 60.2 Å². The molecular formula is C21H33N5O3S. The van der Waals surface area contributed by atoms with Gasteiger partial charge < -0.3 is 4.74 Å². The number of tetrazole rings is 1. The van der Waals surface area contributed by atoms with E-state index in [1.165, 1.54) is 31.2 Å². The van der Waals surface area contributed by atoms with Gasteiger partial charge in [0, 0.05) is 13.0 Å². The first-order valence-electron chi connectivity index (χ1n) is 11.0. The van der Waals surface area contributed by atoms with Crippen LogP contribution in [0.3, 0.4) is 0 Å². The molecule has 1 aliphatic heterocycles. The van der Waals surface area contributed by atoms with E-state index in [2.05, 4.69) is 39.7 Å². The van der Waals surface area contributed by atoms with Gasteiger partial charge in [0.15, 0.2) is 0 Å². The van der Waals surface area contributed by atoms with E-state index in [0.29, 0.717) is 19.6 Å². The van der Waals surface area contributed by atoms with Gasteiger partial charge in [-0.25, -0.2) is 13.5 Å². The summed E-state index contributed by atoms with van der Waals surface area (Å²) in [5.74, 6) is 0.954. The van der Waals surface area contributed by atoms with Crippen molar-refractivity contribution >= 4 is 15.7 Å². The number of rotatable bonds is 13. The number of aryl methyl sites for hydroxylation is 2. The lowest BCUT2D eigenvalue weighted by molar-refractivity contribution is 0.119. The minimum absolute atomic E-state index is 0.135. The van der Waals surface area contributed by atoms with Crippen molar-refractivity contribution in [3.05, 3.63) is 35.7 Å². The van der Waals surface area contributed by atoms with Crippen LogP contribution in [0.1, 0.15) is 63.3 Å². The molecule has 1 unspecified atom stereocenters. The molecule has 30 heavy (non-hydrogen) atoms. The normalized spacial score (nSPS) is 18.2. The lowest BCUT2D eigenvalue weighted by Crippen LogP contribution is -2.36. The summed E-state index contributed by atoms with van der Waals surface area (Å²) in [4.78, 5) is 0. The molecular weight excluding hydrogens is 402 g/mol. The summed E-state index contributed by atoms with van der Waals surface area (Å²) in [6.45, 7) is 3.23. The van der Waals surface area contributed by atoms with Gasteiger partial charge >= 0.3 is 0 Å². The minimum atomic E-state index is -3.28. The molecule has 1 atom stereocenters. The van der Waals surface area contributed by atoms with Gasteiger partial charge in [0.2, 0.25) is 10.0 Å². The number of hydrogen-bond donors (Lipinski definition) is 1. The second-order valence-corrected chi connectivity index (χ2v) is 9.88. The number of aromatic amines is 1. The van der Waals surface area contributed by atoms with Crippen molar-refractivity contribution in [3.8, 4) is 0 Å². The monoisotopic (exact) mass is 435 g/mol. The third-order valence-electron chi connectivity index (χ3n) is 5.50. The predicted octanol–water partition coefficient (Wildman–Crippen LogP) is 3.27. The van der Waals surface area contributed by atoms with Gasteiger partial charge in [0.25, 0.3) is 0 Å². The molecule has 1 saturated heterocycles. The van der Waals surface area contributed by atoms with Crippen LogP contribution < -0.4 is 4.31 Å². The zero-order valence-corrected chi connectivity index (χ0v) is 18.6. The third kappa shape index (κ3) is 6.50. The van der Waals surface area contributed by atoms with Crippen LogP contribution in [0.25, 0.3) is 0 Å². The van der Waals surface area contributed by atoms with Crippen molar-refractivity contribution in [1.82, 2.24) is 20.6 Å². The van der Waals surface area contributed by atoms with E-state index in [-0.39, 0.29) is 11.8 Å². The van der Waals surface area contributed by atoms with Gasteiger partial charge in [0.05, 0.1) is 24.1 Å². The molecule has 1 N–H and O–H groups in total. The van der Waals surface area contributed by atoms with Crippen molar-refractivity contribution in [1.29, 1.82) is 0 Å². The van der Waals surface area contributed by atoms with E-state index >= 15 is 0 Å². The molecule has 3 rings (SSSR count). The lowest BCUT2D eigenvalue weighted by Gasteiger charge is -2.25. The lowest BCUT2D eigenvalue weighted by atomic mass is 10.1. The van der Waals surface area contributed by atoms with E-state index in [4.69, 9.17) is 4.74 Å². The Kier molecular flexibility index (Phi) is 8.62. The minimum Gasteiger partial charge on any atom is -0.379 e. The summed E-state index contributed by atoms with van der Waals surface area (Å²) in [7, 11) is -3.28. The van der Waals surface area contributed by atoms with Crippen LogP contribution in [-0.4, -0.2) is 54.1 Å². The van der Waals surface area contributed by atoms with E-state index in [0.717, 1.165) is 37.2 Å². The van der Waals surface area contributed by atoms with Crippen LogP contribution in [0, 0.1) is 0 Å². The van der Waals surface area contributed by atoms with E-state index < -0.39 is 10.0 Å². The van der Waals surface area contributed by atoms with Gasteiger partial charge in [-0.1, -0.05) is 38.3 Å². The maximum Gasteiger partial charge on any atom is 0.235 e. The average Bonchev–Trinajstić information content (AvgIpc) is 3.36. The molecule has 1 fully saturated rings. The van der Waals surface area contributed by atoms with Gasteiger partial charge in [-0.15, -0.1) is 5.10 Å². The van der Waals surface area contributed by atoms with E-state index in [1.807, 2.05) is 12.1 Å². The van der Waals surface area contributed by atoms with Crippen LogP contribution in [0.15, 0.2) is 24.3 Å². The molecule has 1 aliphatic rings. The molecule has 0 saturated carbocycles. The first-order chi connectivity index (χ1) is 14.6. The molecule has 0 radical (unpaired) electrons. The van der Waals surface area contributed by atoms with Crippen molar-refractivity contribution < 1.29 is 13.2 Å². The smallest absolute Gasteiger partial charge is 0.235 e. The van der Waals surface area contributed by atoms with Crippen LogP contribution in [0.4, 0.5) is 5.69 Å². The van der Waals surface area contributed by atoms with Gasteiger partial charge in [0.1, 0.15) is 5.82 Å². The zero-order chi connectivity index (χ0) is 21.2. The topological polar surface area (TPSA) is 101 Å². The second-order valence-electron chi connectivity index (χ2n) is 7.91. The molecule has 2 aromatic rings. The maximum atomic E-state index is 12.6. The molecule has 8 nitrogen and oxygen atoms in total.